The Labute approximate surface area is 147 Å². The van der Waals surface area contributed by atoms with Crippen molar-refractivity contribution in [1.82, 2.24) is 5.32 Å². The van der Waals surface area contributed by atoms with Gasteiger partial charge in [-0.05, 0) is 35.7 Å². The van der Waals surface area contributed by atoms with Crippen molar-refractivity contribution in [2.45, 2.75) is 26.4 Å². The average molecular weight is 354 g/mol. The Morgan fingerprint density at radius 3 is 2.52 bits per heavy atom. The van der Waals surface area contributed by atoms with E-state index in [2.05, 4.69) is 5.32 Å². The van der Waals surface area contributed by atoms with Gasteiger partial charge < -0.3 is 14.8 Å². The highest BCUT2D eigenvalue weighted by Gasteiger charge is 2.12. The van der Waals surface area contributed by atoms with Crippen LogP contribution in [0.2, 0.25) is 10.0 Å². The van der Waals surface area contributed by atoms with Crippen LogP contribution in [0.1, 0.15) is 24.5 Å². The highest BCUT2D eigenvalue weighted by Crippen LogP contribution is 2.36. The van der Waals surface area contributed by atoms with Gasteiger partial charge in [-0.3, -0.25) is 0 Å². The van der Waals surface area contributed by atoms with E-state index in [4.69, 9.17) is 32.7 Å². The van der Waals surface area contributed by atoms with Crippen LogP contribution in [0.25, 0.3) is 0 Å². The molecule has 5 heteroatoms. The number of nitrogens with one attached hydrogen (secondary N) is 1. The zero-order valence-corrected chi connectivity index (χ0v) is 14.9. The van der Waals surface area contributed by atoms with E-state index >= 15 is 0 Å². The van der Waals surface area contributed by atoms with E-state index in [-0.39, 0.29) is 0 Å². The molecule has 0 fully saturated rings. The lowest BCUT2D eigenvalue weighted by Gasteiger charge is -2.14. The molecule has 0 radical (unpaired) electrons. The second-order valence-electron chi connectivity index (χ2n) is 5.15. The summed E-state index contributed by atoms with van der Waals surface area (Å²) in [5, 5.41) is 4.69. The predicted octanol–water partition coefficient (Wildman–Crippen LogP) is 5.08. The maximum absolute atomic E-state index is 6.32. The first kappa shape index (κ1) is 17.9. The number of methoxy groups -OCH3 is 1. The van der Waals surface area contributed by atoms with Gasteiger partial charge in [0.05, 0.1) is 18.7 Å². The highest BCUT2D eigenvalue weighted by atomic mass is 35.5. The smallest absolute Gasteiger partial charge is 0.179 e. The maximum Gasteiger partial charge on any atom is 0.179 e. The first-order chi connectivity index (χ1) is 11.2. The molecule has 2 rings (SSSR count). The predicted molar refractivity (Wildman–Crippen MR) is 95.8 cm³/mol. The van der Waals surface area contributed by atoms with E-state index in [0.29, 0.717) is 36.2 Å². The molecule has 0 spiro atoms. The van der Waals surface area contributed by atoms with Crippen molar-refractivity contribution in [2.24, 2.45) is 0 Å². The van der Waals surface area contributed by atoms with Crippen molar-refractivity contribution in [3.63, 3.8) is 0 Å². The van der Waals surface area contributed by atoms with E-state index < -0.39 is 0 Å². The van der Waals surface area contributed by atoms with Crippen LogP contribution in [-0.2, 0) is 13.1 Å². The number of hydrogen-bond acceptors (Lipinski definition) is 3. The van der Waals surface area contributed by atoms with Crippen LogP contribution in [-0.4, -0.2) is 13.7 Å². The SMILES string of the molecule is CCCOc1c(Cl)cc(CNCc2ccccc2Cl)cc1OC. The minimum Gasteiger partial charge on any atom is -0.493 e. The van der Waals surface area contributed by atoms with E-state index in [9.17, 15) is 0 Å². The van der Waals surface area contributed by atoms with Crippen LogP contribution in [0.3, 0.4) is 0 Å². The molecule has 0 aliphatic carbocycles. The third-order valence-electron chi connectivity index (χ3n) is 3.34. The summed E-state index contributed by atoms with van der Waals surface area (Å²) < 4.78 is 11.0. The minimum absolute atomic E-state index is 0.562. The Morgan fingerprint density at radius 2 is 1.83 bits per heavy atom. The van der Waals surface area contributed by atoms with Crippen molar-refractivity contribution in [2.75, 3.05) is 13.7 Å². The van der Waals surface area contributed by atoms with Gasteiger partial charge in [-0.25, -0.2) is 0 Å². The standard InChI is InChI=1S/C18H21Cl2NO2/c1-3-8-23-18-16(20)9-13(10-17(18)22-2)11-21-12-14-6-4-5-7-15(14)19/h4-7,9-10,21H,3,8,11-12H2,1-2H3. The van der Waals surface area contributed by atoms with E-state index in [0.717, 1.165) is 22.6 Å². The molecule has 0 unspecified atom stereocenters. The average Bonchev–Trinajstić information content (AvgIpc) is 2.55. The lowest BCUT2D eigenvalue weighted by atomic mass is 10.2. The Balaban J connectivity index is 2.03. The Kier molecular flexibility index (Phi) is 7.03. The number of rotatable bonds is 8. The Morgan fingerprint density at radius 1 is 1.04 bits per heavy atom. The van der Waals surface area contributed by atoms with Crippen LogP contribution in [0.15, 0.2) is 36.4 Å². The normalized spacial score (nSPS) is 10.6. The maximum atomic E-state index is 6.32. The molecule has 0 saturated heterocycles. The highest BCUT2D eigenvalue weighted by molar-refractivity contribution is 6.32. The van der Waals surface area contributed by atoms with Crippen LogP contribution < -0.4 is 14.8 Å². The van der Waals surface area contributed by atoms with Gasteiger partial charge in [0.2, 0.25) is 0 Å². The monoisotopic (exact) mass is 353 g/mol. The molecule has 0 aliphatic rings. The summed E-state index contributed by atoms with van der Waals surface area (Å²) in [5.41, 5.74) is 2.10. The largest absolute Gasteiger partial charge is 0.493 e. The molecule has 3 nitrogen and oxygen atoms in total. The van der Waals surface area contributed by atoms with Crippen LogP contribution in [0, 0.1) is 0 Å². The minimum atomic E-state index is 0.562. The van der Waals surface area contributed by atoms with Crippen molar-refractivity contribution >= 4 is 23.2 Å². The van der Waals surface area contributed by atoms with Crippen molar-refractivity contribution in [1.29, 1.82) is 0 Å². The van der Waals surface area contributed by atoms with Gasteiger partial charge in [-0.15, -0.1) is 0 Å². The molecule has 2 aromatic rings. The number of halogens is 2. The Hall–Kier alpha value is -1.42. The quantitative estimate of drug-likeness (QED) is 0.717. The molecule has 1 N–H and O–H groups in total. The van der Waals surface area contributed by atoms with Gasteiger partial charge in [0.1, 0.15) is 0 Å². The molecular formula is C18H21Cl2NO2. The molecule has 0 amide bonds. The van der Waals surface area contributed by atoms with Gasteiger partial charge in [-0.1, -0.05) is 48.3 Å². The first-order valence-electron chi connectivity index (χ1n) is 7.59. The first-order valence-corrected chi connectivity index (χ1v) is 8.34. The molecule has 0 bridgehead atoms. The van der Waals surface area contributed by atoms with Gasteiger partial charge in [-0.2, -0.15) is 0 Å². The molecule has 0 saturated carbocycles. The second-order valence-corrected chi connectivity index (χ2v) is 5.97. The number of hydrogen-bond donors (Lipinski definition) is 1. The topological polar surface area (TPSA) is 30.5 Å². The summed E-state index contributed by atoms with van der Waals surface area (Å²) in [5.74, 6) is 1.26. The molecule has 0 aromatic heterocycles. The number of ether oxygens (including phenoxy) is 2. The molecule has 23 heavy (non-hydrogen) atoms. The molecule has 0 aliphatic heterocycles. The van der Waals surface area contributed by atoms with E-state index in [1.165, 1.54) is 0 Å². The molecular weight excluding hydrogens is 333 g/mol. The lowest BCUT2D eigenvalue weighted by Crippen LogP contribution is -2.13. The van der Waals surface area contributed by atoms with Gasteiger partial charge in [0.25, 0.3) is 0 Å². The molecule has 0 heterocycles. The van der Waals surface area contributed by atoms with E-state index in [1.807, 2.05) is 43.3 Å². The second kappa shape index (κ2) is 9.02. The summed E-state index contributed by atoms with van der Waals surface area (Å²) >= 11 is 12.5. The van der Waals surface area contributed by atoms with Crippen LogP contribution >= 0.6 is 23.2 Å². The summed E-state index contributed by atoms with van der Waals surface area (Å²) in [7, 11) is 1.62. The van der Waals surface area contributed by atoms with E-state index in [1.54, 1.807) is 7.11 Å². The fourth-order valence-electron chi connectivity index (χ4n) is 2.20. The van der Waals surface area contributed by atoms with Gasteiger partial charge in [0.15, 0.2) is 11.5 Å². The molecule has 124 valence electrons. The zero-order chi connectivity index (χ0) is 16.7. The summed E-state index contributed by atoms with van der Waals surface area (Å²) in [6.45, 7) is 4.01. The van der Waals surface area contributed by atoms with Gasteiger partial charge >= 0.3 is 0 Å². The summed E-state index contributed by atoms with van der Waals surface area (Å²) in [4.78, 5) is 0. The lowest BCUT2D eigenvalue weighted by molar-refractivity contribution is 0.294. The van der Waals surface area contributed by atoms with Gasteiger partial charge in [0, 0.05) is 18.1 Å². The fraction of sp³-hybridized carbons (Fsp3) is 0.333. The van der Waals surface area contributed by atoms with Crippen molar-refractivity contribution in [3.05, 3.63) is 57.6 Å². The molecule has 0 atom stereocenters. The third-order valence-corrected chi connectivity index (χ3v) is 3.99. The number of benzene rings is 2. The Bertz CT molecular complexity index is 647. The van der Waals surface area contributed by atoms with Crippen LogP contribution in [0.5, 0.6) is 11.5 Å². The fourth-order valence-corrected chi connectivity index (χ4v) is 2.69. The summed E-state index contributed by atoms with van der Waals surface area (Å²) in [6, 6.07) is 11.6. The summed E-state index contributed by atoms with van der Waals surface area (Å²) in [6.07, 6.45) is 0.917. The third kappa shape index (κ3) is 5.03. The molecule has 2 aromatic carbocycles. The van der Waals surface area contributed by atoms with Crippen molar-refractivity contribution < 1.29 is 9.47 Å². The van der Waals surface area contributed by atoms with Crippen LogP contribution in [0.4, 0.5) is 0 Å². The zero-order valence-electron chi connectivity index (χ0n) is 13.4. The van der Waals surface area contributed by atoms with Crippen molar-refractivity contribution in [3.8, 4) is 11.5 Å².